The highest BCUT2D eigenvalue weighted by molar-refractivity contribution is 5.52. The third kappa shape index (κ3) is 13.2. The highest BCUT2D eigenvalue weighted by Gasteiger charge is 2.71. The molecule has 47 heavy (non-hydrogen) atoms. The van der Waals surface area contributed by atoms with Crippen LogP contribution in [0.5, 0.6) is 5.75 Å². The lowest BCUT2D eigenvalue weighted by atomic mass is 10.00. The first-order valence-corrected chi connectivity index (χ1v) is 14.6. The molecule has 2 aromatic carbocycles. The molecule has 2 aromatic rings. The van der Waals surface area contributed by atoms with Gasteiger partial charge in [0.1, 0.15) is 11.5 Å². The highest BCUT2D eigenvalue weighted by atomic mass is 19.4. The van der Waals surface area contributed by atoms with Crippen molar-refractivity contribution in [1.82, 2.24) is 0 Å². The Hall–Kier alpha value is -3.55. The van der Waals surface area contributed by atoms with Crippen LogP contribution in [0.15, 0.2) is 85.2 Å². The number of hydrogen-bond donors (Lipinski definition) is 1. The Morgan fingerprint density at radius 1 is 0.809 bits per heavy atom. The molecular formula is C33H42F11NO2. The number of aliphatic hydroxyl groups is 1. The molecule has 0 aliphatic carbocycles. The molecule has 0 bridgehead atoms. The van der Waals surface area contributed by atoms with Crippen molar-refractivity contribution in [3.63, 3.8) is 0 Å². The Labute approximate surface area is 269 Å². The molecule has 3 nitrogen and oxygen atoms in total. The zero-order valence-electron chi connectivity index (χ0n) is 27.2. The van der Waals surface area contributed by atoms with Crippen molar-refractivity contribution >= 4 is 5.69 Å². The van der Waals surface area contributed by atoms with Gasteiger partial charge in [0.25, 0.3) is 5.60 Å². The molecule has 0 aliphatic heterocycles. The summed E-state index contributed by atoms with van der Waals surface area (Å²) >= 11 is 0. The minimum atomic E-state index is -6.24. The van der Waals surface area contributed by atoms with Crippen LogP contribution in [0.25, 0.3) is 0 Å². The van der Waals surface area contributed by atoms with Crippen molar-refractivity contribution < 1.29 is 58.1 Å². The number of ether oxygens (including phenoxy) is 1. The number of benzene rings is 2. The second kappa shape index (κ2) is 20.0. The van der Waals surface area contributed by atoms with Crippen LogP contribution in [0.2, 0.25) is 0 Å². The fraction of sp³-hybridized carbons (Fsp3) is 0.455. The minimum Gasteiger partial charge on any atom is -0.457 e. The topological polar surface area (TPSA) is 32.7 Å². The molecular weight excluding hydrogens is 651 g/mol. The Kier molecular flexibility index (Phi) is 19.4. The van der Waals surface area contributed by atoms with E-state index < -0.39 is 60.0 Å². The predicted molar refractivity (Wildman–Crippen MR) is 163 cm³/mol. The van der Waals surface area contributed by atoms with Gasteiger partial charge in [0, 0.05) is 23.9 Å². The monoisotopic (exact) mass is 693 g/mol. The number of halogens is 11. The van der Waals surface area contributed by atoms with Gasteiger partial charge in [-0.05, 0) is 42.8 Å². The fourth-order valence-electron chi connectivity index (χ4n) is 3.39. The van der Waals surface area contributed by atoms with Crippen molar-refractivity contribution in [3.8, 4) is 5.75 Å². The Balaban J connectivity index is 0. The van der Waals surface area contributed by atoms with Crippen molar-refractivity contribution in [2.45, 2.75) is 91.5 Å². The highest BCUT2D eigenvalue weighted by Crippen LogP contribution is 2.46. The zero-order valence-corrected chi connectivity index (χ0v) is 27.2. The molecule has 14 heteroatoms. The molecule has 0 saturated heterocycles. The van der Waals surface area contributed by atoms with Crippen LogP contribution in [-0.4, -0.2) is 35.8 Å². The summed E-state index contributed by atoms with van der Waals surface area (Å²) in [5, 5.41) is 9.82. The second-order valence-electron chi connectivity index (χ2n) is 9.10. The number of hydrogen-bond acceptors (Lipinski definition) is 3. The van der Waals surface area contributed by atoms with E-state index >= 15 is 0 Å². The Morgan fingerprint density at radius 2 is 1.32 bits per heavy atom. The zero-order chi connectivity index (χ0) is 37.3. The molecule has 0 radical (unpaired) electrons. The first-order valence-electron chi connectivity index (χ1n) is 14.6. The van der Waals surface area contributed by atoms with Gasteiger partial charge in [-0.2, -0.15) is 48.3 Å². The maximum atomic E-state index is 13.9. The van der Waals surface area contributed by atoms with Gasteiger partial charge in [0.15, 0.2) is 0 Å². The maximum absolute atomic E-state index is 13.9. The van der Waals surface area contributed by atoms with Gasteiger partial charge < -0.3 is 14.7 Å². The lowest BCUT2D eigenvalue weighted by molar-refractivity contribution is -0.363. The second-order valence-corrected chi connectivity index (χ2v) is 9.10. The summed E-state index contributed by atoms with van der Waals surface area (Å²) in [4.78, 5) is 0.339. The van der Waals surface area contributed by atoms with E-state index in [-0.39, 0.29) is 11.5 Å². The Bertz CT molecular complexity index is 1230. The molecule has 0 aliphatic rings. The quantitative estimate of drug-likeness (QED) is 0.153. The molecule has 0 atom stereocenters. The summed E-state index contributed by atoms with van der Waals surface area (Å²) in [6, 6.07) is 6.91. The van der Waals surface area contributed by atoms with Crippen LogP contribution in [0.1, 0.15) is 66.0 Å². The third-order valence-electron chi connectivity index (χ3n) is 5.41. The molecule has 0 aromatic heterocycles. The summed E-state index contributed by atoms with van der Waals surface area (Å²) in [5.41, 5.74) is -7.79. The summed E-state index contributed by atoms with van der Waals surface area (Å²) in [6.45, 7) is 14.1. The average Bonchev–Trinajstić information content (AvgIpc) is 2.98. The van der Waals surface area contributed by atoms with E-state index in [4.69, 9.17) is 4.74 Å². The fourth-order valence-corrected chi connectivity index (χ4v) is 3.39. The van der Waals surface area contributed by atoms with E-state index in [1.54, 1.807) is 13.0 Å². The molecule has 1 N–H and O–H groups in total. The molecule has 0 saturated carbocycles. The van der Waals surface area contributed by atoms with Crippen LogP contribution in [0.4, 0.5) is 54.0 Å². The molecule has 0 spiro atoms. The number of nitrogens with zero attached hydrogens (tertiary/aromatic N) is 1. The van der Waals surface area contributed by atoms with E-state index in [9.17, 15) is 53.4 Å². The minimum absolute atomic E-state index is 0.0892. The lowest BCUT2D eigenvalue weighted by Gasteiger charge is -2.38. The van der Waals surface area contributed by atoms with E-state index in [0.29, 0.717) is 17.0 Å². The number of rotatable bonds is 10. The van der Waals surface area contributed by atoms with Crippen molar-refractivity contribution in [2.24, 2.45) is 0 Å². The summed E-state index contributed by atoms with van der Waals surface area (Å²) < 4.78 is 153. The number of anilines is 1. The maximum Gasteiger partial charge on any atom is 0.458 e. The molecule has 0 amide bonds. The summed E-state index contributed by atoms with van der Waals surface area (Å²) in [5.74, 6) is -5.28. The average molecular weight is 694 g/mol. The molecule has 0 unspecified atom stereocenters. The van der Waals surface area contributed by atoms with E-state index in [1.807, 2.05) is 27.7 Å². The predicted octanol–water partition coefficient (Wildman–Crippen LogP) is 11.7. The molecule has 0 fully saturated rings. The molecule has 268 valence electrons. The van der Waals surface area contributed by atoms with E-state index in [0.717, 1.165) is 24.3 Å². The van der Waals surface area contributed by atoms with E-state index in [2.05, 4.69) is 20.4 Å². The normalized spacial score (nSPS) is 12.5. The standard InChI is InChI=1S/C26H22F11NO2.C3H8.2C2H6/c1-3-7-20(8-4-2)40-21-12-6-11-19(14-21)38(16-22(39,24(29,30)31)25(32,33)34)15-17-9-5-10-18(13-17)23(27,28)26(35,36)37;1-3-2;2*1-2/h3-14,39H,1,15-16H2,2H3;3H2,1-2H3;2*1-2H3/b8-4-,20-7+;;;. The van der Waals surface area contributed by atoms with Crippen LogP contribution in [0.3, 0.4) is 0 Å². The van der Waals surface area contributed by atoms with Gasteiger partial charge in [-0.15, -0.1) is 0 Å². The number of allylic oxidation sites excluding steroid dienone is 4. The van der Waals surface area contributed by atoms with Gasteiger partial charge in [-0.1, -0.05) is 91.0 Å². The van der Waals surface area contributed by atoms with Gasteiger partial charge in [-0.25, -0.2) is 0 Å². The smallest absolute Gasteiger partial charge is 0.457 e. The Morgan fingerprint density at radius 3 is 1.77 bits per heavy atom. The number of alkyl halides is 11. The first kappa shape index (κ1) is 45.6. The van der Waals surface area contributed by atoms with Crippen molar-refractivity contribution in [3.05, 3.63) is 96.3 Å². The molecule has 2 rings (SSSR count). The van der Waals surface area contributed by atoms with Crippen LogP contribution in [0, 0.1) is 0 Å². The van der Waals surface area contributed by atoms with Crippen molar-refractivity contribution in [1.29, 1.82) is 0 Å². The SMILES string of the molecule is C=C/C=C(\C=C/C)Oc1cccc(N(Cc2cccc(C(F)(F)C(F)(F)F)c2)CC(O)(C(F)(F)F)C(F)(F)F)c1.CC.CC.CCC. The van der Waals surface area contributed by atoms with Crippen LogP contribution < -0.4 is 9.64 Å². The van der Waals surface area contributed by atoms with Gasteiger partial charge in [0.05, 0.1) is 6.54 Å². The third-order valence-corrected chi connectivity index (χ3v) is 5.41. The summed E-state index contributed by atoms with van der Waals surface area (Å²) in [6.07, 6.45) is -11.5. The molecule has 0 heterocycles. The van der Waals surface area contributed by atoms with Gasteiger partial charge in [-0.3, -0.25) is 0 Å². The van der Waals surface area contributed by atoms with Crippen LogP contribution >= 0.6 is 0 Å². The first-order chi connectivity index (χ1) is 21.7. The largest absolute Gasteiger partial charge is 0.458 e. The van der Waals surface area contributed by atoms with Gasteiger partial charge in [0.2, 0.25) is 0 Å². The van der Waals surface area contributed by atoms with Crippen LogP contribution in [-0.2, 0) is 12.5 Å². The van der Waals surface area contributed by atoms with Gasteiger partial charge >= 0.3 is 24.5 Å². The lowest BCUT2D eigenvalue weighted by Crippen LogP contribution is -2.62. The van der Waals surface area contributed by atoms with Crippen molar-refractivity contribution in [2.75, 3.05) is 11.4 Å². The van der Waals surface area contributed by atoms with E-state index in [1.165, 1.54) is 36.8 Å². The summed E-state index contributed by atoms with van der Waals surface area (Å²) in [7, 11) is 0.